The Labute approximate surface area is 210 Å². The Balaban J connectivity index is 2.09. The van der Waals surface area contributed by atoms with Crippen molar-refractivity contribution in [3.05, 3.63) is 36.0 Å². The number of aromatic amines is 1. The van der Waals surface area contributed by atoms with E-state index in [4.69, 9.17) is 21.1 Å². The highest BCUT2D eigenvalue weighted by Gasteiger charge is 2.27. The lowest BCUT2D eigenvalue weighted by Crippen LogP contribution is -2.54. The molecule has 0 radical (unpaired) electrons. The molecule has 0 saturated heterocycles. The van der Waals surface area contributed by atoms with Crippen LogP contribution in [0.3, 0.4) is 0 Å². The predicted molar refractivity (Wildman–Crippen MR) is 128 cm³/mol. The summed E-state index contributed by atoms with van der Waals surface area (Å²) in [5.74, 6) is -6.19. The molecule has 0 aliphatic carbocycles. The number of H-pyrrole nitrogens is 1. The number of hydrogen-bond donors (Lipinski definition) is 8. The summed E-state index contributed by atoms with van der Waals surface area (Å²) in [6.07, 6.45) is 0.334. The standard InChI is InChI=1S/C23H29N5O9/c24-14(5-7-19(30)31)21(34)28-17(9-12-10-25-15-4-2-1-3-13(12)15)22(35)26-11-18(29)27-16(23(36)37)6-8-20(32)33/h1-4,10,14,16-17,25H,5-9,11,24H2,(H,26,35)(H,27,29)(H,28,34)(H,30,31)(H,32,33)(H,36,37). The van der Waals surface area contributed by atoms with E-state index in [2.05, 4.69) is 20.9 Å². The Kier molecular flexibility index (Phi) is 10.6. The van der Waals surface area contributed by atoms with Gasteiger partial charge in [0.15, 0.2) is 0 Å². The van der Waals surface area contributed by atoms with E-state index in [9.17, 15) is 28.8 Å². The number of hydrogen-bond acceptors (Lipinski definition) is 7. The van der Waals surface area contributed by atoms with Gasteiger partial charge in [0.2, 0.25) is 17.7 Å². The molecule has 14 nitrogen and oxygen atoms in total. The minimum Gasteiger partial charge on any atom is -0.481 e. The lowest BCUT2D eigenvalue weighted by atomic mass is 10.0. The minimum atomic E-state index is -1.46. The van der Waals surface area contributed by atoms with Gasteiger partial charge < -0.3 is 42.0 Å². The van der Waals surface area contributed by atoms with Crippen molar-refractivity contribution >= 4 is 46.5 Å². The molecule has 0 spiro atoms. The minimum absolute atomic E-state index is 0.00518. The fraction of sp³-hybridized carbons (Fsp3) is 0.391. The summed E-state index contributed by atoms with van der Waals surface area (Å²) in [6.45, 7) is -0.638. The highest BCUT2D eigenvalue weighted by Crippen LogP contribution is 2.19. The number of rotatable bonds is 15. The first-order valence-electron chi connectivity index (χ1n) is 11.3. The van der Waals surface area contributed by atoms with Crippen LogP contribution < -0.4 is 21.7 Å². The summed E-state index contributed by atoms with van der Waals surface area (Å²) in [6, 6.07) is 3.39. The van der Waals surface area contributed by atoms with Crippen LogP contribution in [0, 0.1) is 0 Å². The van der Waals surface area contributed by atoms with E-state index in [-0.39, 0.29) is 25.7 Å². The van der Waals surface area contributed by atoms with Crippen LogP contribution in [0.2, 0.25) is 0 Å². The lowest BCUT2D eigenvalue weighted by molar-refractivity contribution is -0.143. The molecular formula is C23H29N5O9. The van der Waals surface area contributed by atoms with E-state index in [0.29, 0.717) is 5.56 Å². The fourth-order valence-electron chi connectivity index (χ4n) is 3.48. The van der Waals surface area contributed by atoms with Crippen molar-refractivity contribution < 1.29 is 44.1 Å². The SMILES string of the molecule is NC(CCC(=O)O)C(=O)NC(Cc1c[nH]c2ccccc12)C(=O)NCC(=O)NC(CCC(=O)O)C(=O)O. The number of aromatic nitrogens is 1. The second-order valence-electron chi connectivity index (χ2n) is 8.27. The monoisotopic (exact) mass is 519 g/mol. The molecule has 37 heavy (non-hydrogen) atoms. The van der Waals surface area contributed by atoms with E-state index in [1.807, 2.05) is 18.2 Å². The molecule has 9 N–H and O–H groups in total. The maximum absolute atomic E-state index is 12.9. The highest BCUT2D eigenvalue weighted by atomic mass is 16.4. The van der Waals surface area contributed by atoms with Crippen LogP contribution in [-0.2, 0) is 35.2 Å². The lowest BCUT2D eigenvalue weighted by Gasteiger charge is -2.21. The zero-order valence-corrected chi connectivity index (χ0v) is 19.7. The summed E-state index contributed by atoms with van der Waals surface area (Å²) < 4.78 is 0. The summed E-state index contributed by atoms with van der Waals surface area (Å²) in [7, 11) is 0. The Morgan fingerprint density at radius 2 is 1.51 bits per heavy atom. The number of carbonyl (C=O) groups is 6. The molecule has 2 rings (SSSR count). The van der Waals surface area contributed by atoms with Gasteiger partial charge in [-0.1, -0.05) is 18.2 Å². The zero-order valence-electron chi connectivity index (χ0n) is 19.7. The maximum Gasteiger partial charge on any atom is 0.326 e. The molecule has 1 heterocycles. The summed E-state index contributed by atoms with van der Waals surface area (Å²) >= 11 is 0. The average Bonchev–Trinajstić information content (AvgIpc) is 3.25. The Morgan fingerprint density at radius 1 is 0.865 bits per heavy atom. The van der Waals surface area contributed by atoms with Crippen molar-refractivity contribution in [1.29, 1.82) is 0 Å². The van der Waals surface area contributed by atoms with Gasteiger partial charge in [0.05, 0.1) is 12.6 Å². The van der Waals surface area contributed by atoms with Crippen LogP contribution in [0.15, 0.2) is 30.5 Å². The van der Waals surface area contributed by atoms with Crippen LogP contribution in [0.25, 0.3) is 10.9 Å². The number of para-hydroxylation sites is 1. The summed E-state index contributed by atoms with van der Waals surface area (Å²) in [5.41, 5.74) is 7.23. The highest BCUT2D eigenvalue weighted by molar-refractivity contribution is 5.93. The van der Waals surface area contributed by atoms with Crippen LogP contribution in [0.5, 0.6) is 0 Å². The molecule has 1 aromatic heterocycles. The van der Waals surface area contributed by atoms with E-state index in [1.165, 1.54) is 0 Å². The Morgan fingerprint density at radius 3 is 2.16 bits per heavy atom. The quantitative estimate of drug-likeness (QED) is 0.142. The molecule has 1 aromatic carbocycles. The number of carbonyl (C=O) groups excluding carboxylic acids is 3. The Hall–Kier alpha value is -4.46. The van der Waals surface area contributed by atoms with Gasteiger partial charge in [0.1, 0.15) is 12.1 Å². The predicted octanol–water partition coefficient (Wildman–Crippen LogP) is -1.06. The van der Waals surface area contributed by atoms with E-state index in [0.717, 1.165) is 10.9 Å². The van der Waals surface area contributed by atoms with Crippen molar-refractivity contribution in [3.8, 4) is 0 Å². The molecule has 0 fully saturated rings. The van der Waals surface area contributed by atoms with Crippen LogP contribution >= 0.6 is 0 Å². The van der Waals surface area contributed by atoms with Gasteiger partial charge in [0.25, 0.3) is 0 Å². The maximum atomic E-state index is 12.9. The first-order chi connectivity index (χ1) is 17.5. The average molecular weight is 520 g/mol. The first-order valence-corrected chi connectivity index (χ1v) is 11.3. The van der Waals surface area contributed by atoms with Crippen molar-refractivity contribution in [1.82, 2.24) is 20.9 Å². The third-order valence-corrected chi connectivity index (χ3v) is 5.44. The number of carboxylic acid groups (broad SMARTS) is 3. The number of carboxylic acids is 3. The normalized spacial score (nSPS) is 13.2. The molecule has 0 saturated carbocycles. The number of fused-ring (bicyclic) bond motifs is 1. The second-order valence-corrected chi connectivity index (χ2v) is 8.27. The van der Waals surface area contributed by atoms with Gasteiger partial charge in [-0.15, -0.1) is 0 Å². The molecule has 3 unspecified atom stereocenters. The first kappa shape index (κ1) is 28.8. The van der Waals surface area contributed by atoms with E-state index in [1.54, 1.807) is 12.3 Å². The molecule has 2 aromatic rings. The van der Waals surface area contributed by atoms with E-state index >= 15 is 0 Å². The summed E-state index contributed by atoms with van der Waals surface area (Å²) in [4.78, 5) is 73.4. The van der Waals surface area contributed by atoms with Crippen molar-refractivity contribution in [2.45, 2.75) is 50.2 Å². The number of aliphatic carboxylic acids is 3. The van der Waals surface area contributed by atoms with Gasteiger partial charge >= 0.3 is 17.9 Å². The molecule has 3 amide bonds. The zero-order chi connectivity index (χ0) is 27.5. The van der Waals surface area contributed by atoms with Crippen LogP contribution in [0.4, 0.5) is 0 Å². The molecule has 3 atom stereocenters. The molecule has 0 bridgehead atoms. The van der Waals surface area contributed by atoms with Crippen LogP contribution in [0.1, 0.15) is 31.2 Å². The molecule has 14 heteroatoms. The molecular weight excluding hydrogens is 490 g/mol. The number of amides is 3. The topological polar surface area (TPSA) is 241 Å². The third kappa shape index (κ3) is 9.25. The smallest absolute Gasteiger partial charge is 0.326 e. The fourth-order valence-corrected chi connectivity index (χ4v) is 3.48. The van der Waals surface area contributed by atoms with Crippen LogP contribution in [-0.4, -0.2) is 80.6 Å². The van der Waals surface area contributed by atoms with Gasteiger partial charge in [-0.3, -0.25) is 24.0 Å². The Bertz CT molecular complexity index is 1160. The second kappa shape index (κ2) is 13.6. The van der Waals surface area contributed by atoms with Gasteiger partial charge in [0, 0.05) is 36.4 Å². The van der Waals surface area contributed by atoms with Crippen molar-refractivity contribution in [2.24, 2.45) is 5.73 Å². The molecule has 0 aliphatic heterocycles. The number of nitrogens with one attached hydrogen (secondary N) is 4. The molecule has 0 aliphatic rings. The van der Waals surface area contributed by atoms with Gasteiger partial charge in [-0.05, 0) is 24.5 Å². The number of nitrogens with two attached hydrogens (primary N) is 1. The summed E-state index contributed by atoms with van der Waals surface area (Å²) in [5, 5.41) is 34.4. The molecule has 200 valence electrons. The largest absolute Gasteiger partial charge is 0.481 e. The van der Waals surface area contributed by atoms with Gasteiger partial charge in [-0.25, -0.2) is 4.79 Å². The van der Waals surface area contributed by atoms with Crippen molar-refractivity contribution in [3.63, 3.8) is 0 Å². The van der Waals surface area contributed by atoms with E-state index < -0.39 is 66.7 Å². The van der Waals surface area contributed by atoms with Crippen molar-refractivity contribution in [2.75, 3.05) is 6.54 Å². The third-order valence-electron chi connectivity index (χ3n) is 5.44. The van der Waals surface area contributed by atoms with Gasteiger partial charge in [-0.2, -0.15) is 0 Å². The number of benzene rings is 1.